The van der Waals surface area contributed by atoms with Crippen molar-refractivity contribution in [1.82, 2.24) is 0 Å². The molecule has 0 aliphatic heterocycles. The van der Waals surface area contributed by atoms with Gasteiger partial charge >= 0.3 is 0 Å². The molecule has 1 aromatic rings. The van der Waals surface area contributed by atoms with Gasteiger partial charge in [0.2, 0.25) is 0 Å². The lowest BCUT2D eigenvalue weighted by molar-refractivity contribution is 0.414. The maximum absolute atomic E-state index is 5.87. The zero-order valence-electron chi connectivity index (χ0n) is 7.97. The van der Waals surface area contributed by atoms with Gasteiger partial charge in [0, 0.05) is 16.5 Å². The van der Waals surface area contributed by atoms with Gasteiger partial charge in [-0.3, -0.25) is 0 Å². The Morgan fingerprint density at radius 2 is 2.21 bits per heavy atom. The molecule has 0 amide bonds. The van der Waals surface area contributed by atoms with E-state index < -0.39 is 0 Å². The van der Waals surface area contributed by atoms with Gasteiger partial charge in [-0.1, -0.05) is 23.8 Å². The van der Waals surface area contributed by atoms with Crippen LogP contribution >= 0.6 is 23.2 Å². The molecule has 1 nitrogen and oxygen atoms in total. The smallest absolute Gasteiger partial charge is 0.126 e. The van der Waals surface area contributed by atoms with Crippen LogP contribution in [0, 0.1) is 0 Å². The molecule has 0 heterocycles. The minimum atomic E-state index is 0.624. The largest absolute Gasteiger partial charge is 0.496 e. The van der Waals surface area contributed by atoms with E-state index in [-0.39, 0.29) is 0 Å². The number of benzene rings is 1. The van der Waals surface area contributed by atoms with E-state index in [0.717, 1.165) is 17.7 Å². The molecular formula is C11H12Cl2O. The predicted octanol–water partition coefficient (Wildman–Crippen LogP) is 3.99. The van der Waals surface area contributed by atoms with Crippen molar-refractivity contribution in [3.8, 4) is 5.75 Å². The number of allylic oxidation sites excluding steroid dienone is 1. The summed E-state index contributed by atoms with van der Waals surface area (Å²) in [6, 6.07) is 5.52. The number of methoxy groups -OCH3 is 1. The van der Waals surface area contributed by atoms with Crippen molar-refractivity contribution in [1.29, 1.82) is 0 Å². The van der Waals surface area contributed by atoms with E-state index in [1.807, 2.05) is 24.3 Å². The molecule has 14 heavy (non-hydrogen) atoms. The van der Waals surface area contributed by atoms with Gasteiger partial charge in [-0.15, -0.1) is 11.6 Å². The van der Waals surface area contributed by atoms with Crippen LogP contribution in [-0.2, 0) is 0 Å². The van der Waals surface area contributed by atoms with Crippen LogP contribution in [0.25, 0.3) is 6.08 Å². The third kappa shape index (κ3) is 3.24. The van der Waals surface area contributed by atoms with Gasteiger partial charge < -0.3 is 4.74 Å². The van der Waals surface area contributed by atoms with E-state index in [4.69, 9.17) is 27.9 Å². The Kier molecular flexibility index (Phi) is 4.85. The predicted molar refractivity (Wildman–Crippen MR) is 62.4 cm³/mol. The molecule has 76 valence electrons. The summed E-state index contributed by atoms with van der Waals surface area (Å²) in [4.78, 5) is 0. The second-order valence-corrected chi connectivity index (χ2v) is 3.58. The summed E-state index contributed by atoms with van der Waals surface area (Å²) in [5.41, 5.74) is 0.977. The molecule has 0 aliphatic carbocycles. The number of rotatable bonds is 4. The van der Waals surface area contributed by atoms with Crippen molar-refractivity contribution in [2.75, 3.05) is 13.0 Å². The molecule has 0 aromatic heterocycles. The van der Waals surface area contributed by atoms with Crippen LogP contribution in [0.4, 0.5) is 0 Å². The second-order valence-electron chi connectivity index (χ2n) is 2.77. The monoisotopic (exact) mass is 230 g/mol. The summed E-state index contributed by atoms with van der Waals surface area (Å²) in [5.74, 6) is 1.44. The van der Waals surface area contributed by atoms with E-state index in [9.17, 15) is 0 Å². The fourth-order valence-electron chi connectivity index (χ4n) is 1.11. The summed E-state index contributed by atoms with van der Waals surface area (Å²) in [6.07, 6.45) is 4.81. The Bertz CT molecular complexity index is 321. The lowest BCUT2D eigenvalue weighted by Gasteiger charge is -2.04. The number of hydrogen-bond donors (Lipinski definition) is 0. The zero-order valence-corrected chi connectivity index (χ0v) is 9.48. The van der Waals surface area contributed by atoms with Crippen molar-refractivity contribution >= 4 is 29.3 Å². The average molecular weight is 231 g/mol. The molecule has 0 spiro atoms. The molecule has 3 heteroatoms. The molecular weight excluding hydrogens is 219 g/mol. The fraction of sp³-hybridized carbons (Fsp3) is 0.273. The fourth-order valence-corrected chi connectivity index (χ4v) is 1.42. The standard InChI is InChI=1S/C11H12Cl2O/c1-14-11-6-5-10(13)8-9(11)4-2-3-7-12/h2,4-6,8H,3,7H2,1H3. The summed E-state index contributed by atoms with van der Waals surface area (Å²) in [7, 11) is 1.64. The SMILES string of the molecule is COc1ccc(Cl)cc1C=CCCCl. The third-order valence-corrected chi connectivity index (χ3v) is 2.22. The highest BCUT2D eigenvalue weighted by Gasteiger charge is 1.99. The molecule has 0 radical (unpaired) electrons. The topological polar surface area (TPSA) is 9.23 Å². The minimum Gasteiger partial charge on any atom is -0.496 e. The van der Waals surface area contributed by atoms with Crippen LogP contribution in [0.3, 0.4) is 0 Å². The first-order chi connectivity index (χ1) is 6.77. The van der Waals surface area contributed by atoms with Gasteiger partial charge in [-0.25, -0.2) is 0 Å². The van der Waals surface area contributed by atoms with Crippen LogP contribution in [0.5, 0.6) is 5.75 Å². The lowest BCUT2D eigenvalue weighted by atomic mass is 10.2. The Balaban J connectivity index is 2.87. The highest BCUT2D eigenvalue weighted by molar-refractivity contribution is 6.30. The Morgan fingerprint density at radius 3 is 2.86 bits per heavy atom. The first-order valence-electron chi connectivity index (χ1n) is 4.34. The van der Waals surface area contributed by atoms with Crippen LogP contribution in [-0.4, -0.2) is 13.0 Å². The normalized spacial score (nSPS) is 10.8. The van der Waals surface area contributed by atoms with E-state index in [1.54, 1.807) is 13.2 Å². The number of alkyl halides is 1. The van der Waals surface area contributed by atoms with Gasteiger partial charge in [0.1, 0.15) is 5.75 Å². The molecule has 0 atom stereocenters. The van der Waals surface area contributed by atoms with Crippen molar-refractivity contribution < 1.29 is 4.74 Å². The highest BCUT2D eigenvalue weighted by atomic mass is 35.5. The minimum absolute atomic E-state index is 0.624. The molecule has 1 rings (SSSR count). The molecule has 1 aromatic carbocycles. The van der Waals surface area contributed by atoms with Crippen LogP contribution in [0.15, 0.2) is 24.3 Å². The van der Waals surface area contributed by atoms with Crippen molar-refractivity contribution in [2.24, 2.45) is 0 Å². The first kappa shape index (κ1) is 11.4. The van der Waals surface area contributed by atoms with Crippen LogP contribution in [0.1, 0.15) is 12.0 Å². The maximum Gasteiger partial charge on any atom is 0.126 e. The Morgan fingerprint density at radius 1 is 1.43 bits per heavy atom. The highest BCUT2D eigenvalue weighted by Crippen LogP contribution is 2.23. The molecule has 0 saturated heterocycles. The van der Waals surface area contributed by atoms with Gasteiger partial charge in [-0.05, 0) is 24.6 Å². The van der Waals surface area contributed by atoms with Crippen molar-refractivity contribution in [3.63, 3.8) is 0 Å². The number of ether oxygens (including phenoxy) is 1. The number of hydrogen-bond acceptors (Lipinski definition) is 1. The molecule has 0 aliphatic rings. The van der Waals surface area contributed by atoms with Gasteiger partial charge in [-0.2, -0.15) is 0 Å². The first-order valence-corrected chi connectivity index (χ1v) is 5.25. The van der Waals surface area contributed by atoms with Gasteiger partial charge in [0.05, 0.1) is 7.11 Å². The Hall–Kier alpha value is -0.660. The molecule has 0 fully saturated rings. The molecule has 0 unspecified atom stereocenters. The summed E-state index contributed by atoms with van der Waals surface area (Å²) < 4.78 is 5.19. The van der Waals surface area contributed by atoms with E-state index in [1.165, 1.54) is 0 Å². The molecule has 0 N–H and O–H groups in total. The average Bonchev–Trinajstić information content (AvgIpc) is 2.19. The quantitative estimate of drug-likeness (QED) is 0.712. The summed E-state index contributed by atoms with van der Waals surface area (Å²) in [5, 5.41) is 0.705. The van der Waals surface area contributed by atoms with E-state index in [0.29, 0.717) is 10.9 Å². The Labute approximate surface area is 94.3 Å². The molecule has 0 saturated carbocycles. The lowest BCUT2D eigenvalue weighted by Crippen LogP contribution is -1.86. The van der Waals surface area contributed by atoms with Crippen molar-refractivity contribution in [3.05, 3.63) is 34.9 Å². The van der Waals surface area contributed by atoms with Crippen LogP contribution < -0.4 is 4.74 Å². The number of halogens is 2. The molecule has 0 bridgehead atoms. The van der Waals surface area contributed by atoms with Crippen LogP contribution in [0.2, 0.25) is 5.02 Å². The second kappa shape index (κ2) is 5.94. The third-order valence-electron chi connectivity index (χ3n) is 1.76. The van der Waals surface area contributed by atoms with E-state index >= 15 is 0 Å². The summed E-state index contributed by atoms with van der Waals surface area (Å²) >= 11 is 11.4. The summed E-state index contributed by atoms with van der Waals surface area (Å²) in [6.45, 7) is 0. The maximum atomic E-state index is 5.87. The van der Waals surface area contributed by atoms with E-state index in [2.05, 4.69) is 0 Å². The van der Waals surface area contributed by atoms with Gasteiger partial charge in [0.25, 0.3) is 0 Å². The van der Waals surface area contributed by atoms with Crippen molar-refractivity contribution in [2.45, 2.75) is 6.42 Å². The zero-order chi connectivity index (χ0) is 10.4. The van der Waals surface area contributed by atoms with Gasteiger partial charge in [0.15, 0.2) is 0 Å².